The van der Waals surface area contributed by atoms with Gasteiger partial charge in [0.05, 0.1) is 11.3 Å². The van der Waals surface area contributed by atoms with E-state index < -0.39 is 11.2 Å². The Morgan fingerprint density at radius 1 is 1.28 bits per heavy atom. The number of benzene rings is 2. The Balaban J connectivity index is 1.98. The van der Waals surface area contributed by atoms with Crippen molar-refractivity contribution in [2.75, 3.05) is 17.9 Å². The summed E-state index contributed by atoms with van der Waals surface area (Å²) in [4.78, 5) is 16.3. The maximum absolute atomic E-state index is 13.3. The number of nitrogens with zero attached hydrogens (tertiary/aromatic N) is 2. The number of hydrogen-bond acceptors (Lipinski definition) is 6. The van der Waals surface area contributed by atoms with Gasteiger partial charge in [-0.05, 0) is 47.7 Å². The van der Waals surface area contributed by atoms with Crippen molar-refractivity contribution in [3.63, 3.8) is 0 Å². The number of fused-ring (bicyclic) bond motifs is 1. The maximum atomic E-state index is 13.3. The number of aromatic hydroxyl groups is 1. The van der Waals surface area contributed by atoms with Crippen molar-refractivity contribution in [3.05, 3.63) is 102 Å². The number of halogens is 1. The number of pyridine rings is 1. The van der Waals surface area contributed by atoms with E-state index in [9.17, 15) is 18.5 Å². The molecule has 0 spiro atoms. The first-order chi connectivity index (χ1) is 17.4. The van der Waals surface area contributed by atoms with Crippen LogP contribution in [0.2, 0.25) is 0 Å². The fraction of sp³-hybridized carbons (Fsp3) is 0.154. The second kappa shape index (κ2) is 12.7. The van der Waals surface area contributed by atoms with Gasteiger partial charge >= 0.3 is 0 Å². The zero-order chi connectivity index (χ0) is 26.1. The topological polar surface area (TPSA) is 121 Å². The van der Waals surface area contributed by atoms with Crippen molar-refractivity contribution in [3.8, 4) is 5.75 Å². The molecule has 1 atom stereocenters. The number of aromatic nitrogens is 1. The number of nitrogens with one attached hydrogen (secondary N) is 2. The first kappa shape index (κ1) is 26.7. The molecule has 2 aromatic carbocycles. The monoisotopic (exact) mass is 509 g/mol. The Bertz CT molecular complexity index is 1330. The van der Waals surface area contributed by atoms with Crippen LogP contribution in [0.3, 0.4) is 0 Å². The van der Waals surface area contributed by atoms with Gasteiger partial charge in [0.25, 0.3) is 0 Å². The quantitative estimate of drug-likeness (QED) is 0.220. The smallest absolute Gasteiger partial charge is 0.196 e. The van der Waals surface area contributed by atoms with Crippen LogP contribution in [0.1, 0.15) is 21.5 Å². The van der Waals surface area contributed by atoms with Crippen molar-refractivity contribution in [1.29, 1.82) is 0 Å². The van der Waals surface area contributed by atoms with Crippen LogP contribution in [0.5, 0.6) is 5.75 Å². The lowest BCUT2D eigenvalue weighted by molar-refractivity contribution is 0.112. The summed E-state index contributed by atoms with van der Waals surface area (Å²) in [6.07, 6.45) is 8.45. The molecule has 1 unspecified atom stereocenters. The second-order valence-electron chi connectivity index (χ2n) is 7.74. The molecule has 0 bridgehead atoms. The van der Waals surface area contributed by atoms with Crippen LogP contribution in [-0.4, -0.2) is 34.2 Å². The molecule has 8 nitrogen and oxygen atoms in total. The van der Waals surface area contributed by atoms with E-state index in [1.807, 2.05) is 0 Å². The summed E-state index contributed by atoms with van der Waals surface area (Å²) >= 11 is -1.73. The molecule has 0 saturated heterocycles. The molecule has 1 heterocycles. The highest BCUT2D eigenvalue weighted by Gasteiger charge is 2.24. The van der Waals surface area contributed by atoms with Gasteiger partial charge in [0.2, 0.25) is 0 Å². The average molecular weight is 510 g/mol. The third kappa shape index (κ3) is 6.22. The summed E-state index contributed by atoms with van der Waals surface area (Å²) in [5, 5.41) is 14.6. The maximum Gasteiger partial charge on any atom is 0.196 e. The minimum Gasteiger partial charge on any atom is -0.505 e. The van der Waals surface area contributed by atoms with Crippen molar-refractivity contribution >= 4 is 34.0 Å². The molecule has 0 aliphatic heterocycles. The van der Waals surface area contributed by atoms with Gasteiger partial charge in [-0.2, -0.15) is 0 Å². The lowest BCUT2D eigenvalue weighted by atomic mass is 9.99. The molecule has 0 fully saturated rings. The predicted molar refractivity (Wildman–Crippen MR) is 142 cm³/mol. The number of carbonyl (C=O) groups excluding carboxylic acids is 1. The molecule has 36 heavy (non-hydrogen) atoms. The van der Waals surface area contributed by atoms with Crippen molar-refractivity contribution in [2.45, 2.75) is 13.1 Å². The molecule has 3 aromatic rings. The molecule has 0 saturated carbocycles. The summed E-state index contributed by atoms with van der Waals surface area (Å²) in [5.41, 5.74) is 8.27. The Morgan fingerprint density at radius 3 is 2.69 bits per heavy atom. The second-order valence-corrected chi connectivity index (χ2v) is 9.08. The molecule has 1 aromatic heterocycles. The molecule has 5 N–H and O–H groups in total. The number of carbonyl (C=O) groups is 1. The van der Waals surface area contributed by atoms with E-state index in [1.165, 1.54) is 28.8 Å². The van der Waals surface area contributed by atoms with Gasteiger partial charge in [0.15, 0.2) is 23.2 Å². The lowest BCUT2D eigenvalue weighted by Crippen LogP contribution is -2.34. The highest BCUT2D eigenvalue weighted by Crippen LogP contribution is 2.39. The third-order valence-corrected chi connectivity index (χ3v) is 6.49. The molecule has 10 heteroatoms. The van der Waals surface area contributed by atoms with E-state index in [0.29, 0.717) is 29.5 Å². The minimum atomic E-state index is -1.73. The van der Waals surface area contributed by atoms with Crippen molar-refractivity contribution in [2.24, 2.45) is 5.73 Å². The van der Waals surface area contributed by atoms with Gasteiger partial charge in [-0.15, -0.1) is 0 Å². The van der Waals surface area contributed by atoms with Gasteiger partial charge in [0.1, 0.15) is 11.3 Å². The first-order valence-electron chi connectivity index (χ1n) is 11.0. The molecular formula is C26H28FN5O3S. The Labute approximate surface area is 211 Å². The van der Waals surface area contributed by atoms with E-state index in [1.54, 1.807) is 49.5 Å². The van der Waals surface area contributed by atoms with Gasteiger partial charge < -0.3 is 16.2 Å². The highest BCUT2D eigenvalue weighted by molar-refractivity contribution is 7.84. The fourth-order valence-electron chi connectivity index (χ4n) is 3.72. The predicted octanol–water partition coefficient (Wildman–Crippen LogP) is 3.37. The first-order valence-corrected chi connectivity index (χ1v) is 12.1. The number of phenols is 1. The van der Waals surface area contributed by atoms with Crippen LogP contribution in [0.15, 0.2) is 79.2 Å². The van der Waals surface area contributed by atoms with Crippen molar-refractivity contribution in [1.82, 2.24) is 15.0 Å². The summed E-state index contributed by atoms with van der Waals surface area (Å²) in [5.74, 6) is -0.583. The molecule has 0 amide bonds. The summed E-state index contributed by atoms with van der Waals surface area (Å²) in [6, 6.07) is 9.47. The normalized spacial score (nSPS) is 12.7. The van der Waals surface area contributed by atoms with Crippen LogP contribution in [0.4, 0.5) is 10.1 Å². The van der Waals surface area contributed by atoms with E-state index in [-0.39, 0.29) is 35.7 Å². The largest absolute Gasteiger partial charge is 0.505 e. The number of hydrogen-bond donors (Lipinski definition) is 4. The Hall–Kier alpha value is -3.86. The summed E-state index contributed by atoms with van der Waals surface area (Å²) in [7, 11) is 1.62. The third-order valence-electron chi connectivity index (χ3n) is 5.42. The van der Waals surface area contributed by atoms with Crippen LogP contribution < -0.4 is 20.1 Å². The molecule has 0 radical (unpaired) electrons. The molecule has 3 rings (SSSR count). The zero-order valence-corrected chi connectivity index (χ0v) is 20.6. The van der Waals surface area contributed by atoms with Crippen molar-refractivity contribution < 1.29 is 18.5 Å². The average Bonchev–Trinajstić information content (AvgIpc) is 2.88. The fourth-order valence-corrected chi connectivity index (χ4v) is 4.58. The number of phenolic OH excluding ortho intramolecular Hbond substituents is 1. The standard InChI is InChI=1S/C26H28FN5O3S/c1-3-5-18(11-12-28)15-31-36(35)32(2)25-21-6-4-13-30-24(21)26(34)23(17-33)22(25)16-29-14-19-7-9-20(27)10-8-19/h3-13,17,29,31,34H,1,14-16,28H2,2H3/b12-11-,18-5+. The van der Waals surface area contributed by atoms with E-state index in [4.69, 9.17) is 5.73 Å². The zero-order valence-electron chi connectivity index (χ0n) is 19.8. The van der Waals surface area contributed by atoms with Crippen LogP contribution in [0, 0.1) is 5.82 Å². The van der Waals surface area contributed by atoms with E-state index >= 15 is 0 Å². The summed E-state index contributed by atoms with van der Waals surface area (Å²) < 4.78 is 30.9. The van der Waals surface area contributed by atoms with Gasteiger partial charge in [-0.25, -0.2) is 13.3 Å². The number of rotatable bonds is 12. The van der Waals surface area contributed by atoms with Crippen LogP contribution in [0.25, 0.3) is 10.9 Å². The highest BCUT2D eigenvalue weighted by atomic mass is 32.2. The van der Waals surface area contributed by atoms with Crippen LogP contribution in [-0.2, 0) is 24.3 Å². The number of nitrogens with two attached hydrogens (primary N) is 1. The summed E-state index contributed by atoms with van der Waals surface area (Å²) in [6.45, 7) is 4.46. The number of aldehydes is 1. The molecule has 188 valence electrons. The number of anilines is 1. The SMILES string of the molecule is C=C/C=C(\C=C/N)CNS(=O)N(C)c1c(CNCc2ccc(F)cc2)c(C=O)c(O)c2ncccc12. The van der Waals surface area contributed by atoms with E-state index in [0.717, 1.165) is 11.1 Å². The van der Waals surface area contributed by atoms with Gasteiger partial charge in [-0.1, -0.05) is 30.9 Å². The van der Waals surface area contributed by atoms with Crippen LogP contribution >= 0.6 is 0 Å². The minimum absolute atomic E-state index is 0.0463. The van der Waals surface area contributed by atoms with Gasteiger partial charge in [0, 0.05) is 43.8 Å². The van der Waals surface area contributed by atoms with Gasteiger partial charge in [-0.3, -0.25) is 14.1 Å². The molecular weight excluding hydrogens is 481 g/mol. The Kier molecular flexibility index (Phi) is 9.46. The Morgan fingerprint density at radius 2 is 2.03 bits per heavy atom. The molecule has 0 aliphatic rings. The molecule has 0 aliphatic carbocycles. The lowest BCUT2D eigenvalue weighted by Gasteiger charge is -2.25. The van der Waals surface area contributed by atoms with E-state index in [2.05, 4.69) is 21.6 Å². The number of allylic oxidation sites excluding steroid dienone is 2.